The first-order valence-electron chi connectivity index (χ1n) is 6.48. The van der Waals surface area contributed by atoms with E-state index in [4.69, 9.17) is 28.9 Å². The van der Waals surface area contributed by atoms with E-state index in [1.54, 1.807) is 0 Å². The Morgan fingerprint density at radius 3 is 2.45 bits per heavy atom. The van der Waals surface area contributed by atoms with Crippen LogP contribution in [0.5, 0.6) is 0 Å². The second kappa shape index (κ2) is 7.50. The molecule has 0 fully saturated rings. The van der Waals surface area contributed by atoms with Crippen LogP contribution in [0, 0.1) is 5.92 Å². The molecule has 0 radical (unpaired) electrons. The first-order chi connectivity index (χ1) is 9.24. The van der Waals surface area contributed by atoms with Crippen LogP contribution in [0.4, 0.5) is 5.69 Å². The zero-order valence-corrected chi connectivity index (χ0v) is 13.9. The topological polar surface area (TPSA) is 72.2 Å². The molecule has 0 saturated carbocycles. The van der Waals surface area contributed by atoms with Gasteiger partial charge in [0.15, 0.2) is 0 Å². The first kappa shape index (κ1) is 17.6. The molecule has 0 spiro atoms. The highest BCUT2D eigenvalue weighted by Gasteiger charge is 2.21. The molecule has 20 heavy (non-hydrogen) atoms. The van der Waals surface area contributed by atoms with E-state index in [9.17, 15) is 8.42 Å². The molecule has 0 saturated heterocycles. The zero-order chi connectivity index (χ0) is 15.3. The molecule has 4 nitrogen and oxygen atoms in total. The molecule has 0 aliphatic carbocycles. The van der Waals surface area contributed by atoms with Gasteiger partial charge < -0.3 is 5.73 Å². The third kappa shape index (κ3) is 5.13. The Balaban J connectivity index is 2.70. The van der Waals surface area contributed by atoms with E-state index in [1.807, 2.05) is 0 Å². The van der Waals surface area contributed by atoms with Crippen LogP contribution in [-0.4, -0.2) is 15.0 Å². The van der Waals surface area contributed by atoms with Gasteiger partial charge in [-0.2, -0.15) is 0 Å². The van der Waals surface area contributed by atoms with E-state index in [-0.39, 0.29) is 15.6 Å². The van der Waals surface area contributed by atoms with Crippen molar-refractivity contribution >= 4 is 38.9 Å². The fourth-order valence-electron chi connectivity index (χ4n) is 1.82. The second-order valence-electron chi connectivity index (χ2n) is 5.09. The summed E-state index contributed by atoms with van der Waals surface area (Å²) in [7, 11) is -3.70. The summed E-state index contributed by atoms with van der Waals surface area (Å²) in [6.45, 7) is 4.64. The van der Waals surface area contributed by atoms with E-state index < -0.39 is 10.0 Å². The zero-order valence-electron chi connectivity index (χ0n) is 11.6. The Morgan fingerprint density at radius 1 is 1.25 bits per heavy atom. The predicted molar refractivity (Wildman–Crippen MR) is 84.8 cm³/mol. The summed E-state index contributed by atoms with van der Waals surface area (Å²) in [6, 6.07) is 2.74. The molecule has 0 bridgehead atoms. The van der Waals surface area contributed by atoms with Gasteiger partial charge in [-0.25, -0.2) is 13.1 Å². The van der Waals surface area contributed by atoms with Crippen LogP contribution in [0.15, 0.2) is 17.0 Å². The van der Waals surface area contributed by atoms with Gasteiger partial charge in [-0.3, -0.25) is 0 Å². The molecule has 1 aromatic carbocycles. The number of nitrogens with one attached hydrogen (secondary N) is 1. The van der Waals surface area contributed by atoms with E-state index >= 15 is 0 Å². The standard InChI is InChI=1S/C13H20Cl2N2O2S/c1-9(2)5-3-4-6-17-20(18,19)13-11(15)7-10(14)8-12(13)16/h7-9,17H,3-6,16H2,1-2H3. The van der Waals surface area contributed by atoms with Crippen LogP contribution in [0.2, 0.25) is 10.0 Å². The van der Waals surface area contributed by atoms with Crippen molar-refractivity contribution in [2.24, 2.45) is 5.92 Å². The van der Waals surface area contributed by atoms with Crippen molar-refractivity contribution < 1.29 is 8.42 Å². The van der Waals surface area contributed by atoms with Crippen molar-refractivity contribution in [3.8, 4) is 0 Å². The number of nitrogen functional groups attached to an aromatic ring is 1. The van der Waals surface area contributed by atoms with Gasteiger partial charge in [-0.15, -0.1) is 0 Å². The molecule has 1 rings (SSSR count). The lowest BCUT2D eigenvalue weighted by Crippen LogP contribution is -2.26. The van der Waals surface area contributed by atoms with Crippen molar-refractivity contribution in [3.63, 3.8) is 0 Å². The average Bonchev–Trinajstić information content (AvgIpc) is 2.25. The van der Waals surface area contributed by atoms with E-state index in [1.165, 1.54) is 12.1 Å². The summed E-state index contributed by atoms with van der Waals surface area (Å²) < 4.78 is 26.8. The molecule has 7 heteroatoms. The molecule has 0 amide bonds. The highest BCUT2D eigenvalue weighted by Crippen LogP contribution is 2.30. The van der Waals surface area contributed by atoms with Crippen LogP contribution >= 0.6 is 23.2 Å². The SMILES string of the molecule is CC(C)CCCCNS(=O)(=O)c1c(N)cc(Cl)cc1Cl. The minimum absolute atomic E-state index is 0.0321. The molecular formula is C13H20Cl2N2O2S. The van der Waals surface area contributed by atoms with Gasteiger partial charge in [0.2, 0.25) is 10.0 Å². The van der Waals surface area contributed by atoms with Crippen molar-refractivity contribution in [2.75, 3.05) is 12.3 Å². The smallest absolute Gasteiger partial charge is 0.244 e. The van der Waals surface area contributed by atoms with Crippen molar-refractivity contribution in [2.45, 2.75) is 38.0 Å². The maximum absolute atomic E-state index is 12.2. The minimum Gasteiger partial charge on any atom is -0.398 e. The van der Waals surface area contributed by atoms with E-state index in [0.29, 0.717) is 17.5 Å². The van der Waals surface area contributed by atoms with Crippen LogP contribution in [-0.2, 0) is 10.0 Å². The average molecular weight is 339 g/mol. The Bertz CT molecular complexity index is 536. The quantitative estimate of drug-likeness (QED) is 0.588. The number of hydrogen-bond donors (Lipinski definition) is 2. The Morgan fingerprint density at radius 2 is 1.90 bits per heavy atom. The summed E-state index contributed by atoms with van der Waals surface area (Å²) in [5.41, 5.74) is 5.74. The summed E-state index contributed by atoms with van der Waals surface area (Å²) in [6.07, 6.45) is 2.83. The maximum Gasteiger partial charge on any atom is 0.244 e. The molecule has 1 aromatic rings. The predicted octanol–water partition coefficient (Wildman–Crippen LogP) is 3.68. The van der Waals surface area contributed by atoms with Crippen LogP contribution in [0.1, 0.15) is 33.1 Å². The highest BCUT2D eigenvalue weighted by molar-refractivity contribution is 7.89. The Labute approximate surface area is 130 Å². The molecular weight excluding hydrogens is 319 g/mol. The molecule has 0 aromatic heterocycles. The lowest BCUT2D eigenvalue weighted by molar-refractivity contribution is 0.530. The number of nitrogens with two attached hydrogens (primary N) is 1. The number of halogens is 2. The summed E-state index contributed by atoms with van der Waals surface area (Å²) in [4.78, 5) is -0.104. The van der Waals surface area contributed by atoms with Crippen molar-refractivity contribution in [1.82, 2.24) is 4.72 Å². The third-order valence-electron chi connectivity index (χ3n) is 2.81. The molecule has 0 heterocycles. The number of anilines is 1. The summed E-state index contributed by atoms with van der Waals surface area (Å²) >= 11 is 11.7. The highest BCUT2D eigenvalue weighted by atomic mass is 35.5. The van der Waals surface area contributed by atoms with Gasteiger partial charge in [0, 0.05) is 11.6 Å². The molecule has 3 N–H and O–H groups in total. The van der Waals surface area contributed by atoms with Gasteiger partial charge in [-0.05, 0) is 24.5 Å². The number of rotatable bonds is 7. The largest absolute Gasteiger partial charge is 0.398 e. The normalized spacial score (nSPS) is 12.1. The van der Waals surface area contributed by atoms with Crippen LogP contribution in [0.3, 0.4) is 0 Å². The van der Waals surface area contributed by atoms with Crippen LogP contribution < -0.4 is 10.5 Å². The van der Waals surface area contributed by atoms with E-state index in [2.05, 4.69) is 18.6 Å². The van der Waals surface area contributed by atoms with Gasteiger partial charge in [-0.1, -0.05) is 49.9 Å². The summed E-state index contributed by atoms with van der Waals surface area (Å²) in [5.74, 6) is 0.618. The molecule has 0 atom stereocenters. The second-order valence-corrected chi connectivity index (χ2v) is 7.64. The number of hydrogen-bond acceptors (Lipinski definition) is 3. The minimum atomic E-state index is -3.70. The fraction of sp³-hybridized carbons (Fsp3) is 0.538. The number of sulfonamides is 1. The van der Waals surface area contributed by atoms with Crippen molar-refractivity contribution in [3.05, 3.63) is 22.2 Å². The maximum atomic E-state index is 12.2. The number of benzene rings is 1. The molecule has 114 valence electrons. The molecule has 0 aliphatic rings. The Kier molecular flexibility index (Phi) is 6.58. The summed E-state index contributed by atoms with van der Waals surface area (Å²) in [5, 5.41) is 0.341. The first-order valence-corrected chi connectivity index (χ1v) is 8.72. The van der Waals surface area contributed by atoms with Gasteiger partial charge >= 0.3 is 0 Å². The fourth-order valence-corrected chi connectivity index (χ4v) is 3.88. The third-order valence-corrected chi connectivity index (χ3v) is 5.01. The monoisotopic (exact) mass is 338 g/mol. The van der Waals surface area contributed by atoms with Crippen LogP contribution in [0.25, 0.3) is 0 Å². The van der Waals surface area contributed by atoms with E-state index in [0.717, 1.165) is 19.3 Å². The van der Waals surface area contributed by atoms with Crippen molar-refractivity contribution in [1.29, 1.82) is 0 Å². The molecule has 0 unspecified atom stereocenters. The van der Waals surface area contributed by atoms with Gasteiger partial charge in [0.1, 0.15) is 4.90 Å². The Hall–Kier alpha value is -0.490. The molecule has 0 aliphatic heterocycles. The van der Waals surface area contributed by atoms with Gasteiger partial charge in [0.25, 0.3) is 0 Å². The number of unbranched alkanes of at least 4 members (excludes halogenated alkanes) is 1. The lowest BCUT2D eigenvalue weighted by Gasteiger charge is -2.11. The van der Waals surface area contributed by atoms with Gasteiger partial charge in [0.05, 0.1) is 10.7 Å². The lowest BCUT2D eigenvalue weighted by atomic mass is 10.1.